The molecular weight excluding hydrogens is 242 g/mol. The lowest BCUT2D eigenvalue weighted by molar-refractivity contribution is 0.197. The molecule has 1 fully saturated rings. The van der Waals surface area contributed by atoms with E-state index in [0.29, 0.717) is 24.3 Å². The van der Waals surface area contributed by atoms with Crippen LogP contribution in [0.5, 0.6) is 0 Å². The van der Waals surface area contributed by atoms with Crippen LogP contribution < -0.4 is 5.73 Å². The molecule has 1 aliphatic rings. The summed E-state index contributed by atoms with van der Waals surface area (Å²) < 4.78 is 5.26. The summed E-state index contributed by atoms with van der Waals surface area (Å²) in [6.45, 7) is 6.65. The maximum absolute atomic E-state index is 5.95. The molecule has 2 heterocycles. The van der Waals surface area contributed by atoms with Gasteiger partial charge in [-0.1, -0.05) is 5.16 Å². The Kier molecular flexibility index (Phi) is 4.23. The summed E-state index contributed by atoms with van der Waals surface area (Å²) >= 11 is 0. The molecular formula is C13H25N5O. The van der Waals surface area contributed by atoms with Crippen molar-refractivity contribution in [3.63, 3.8) is 0 Å². The third kappa shape index (κ3) is 3.75. The van der Waals surface area contributed by atoms with Gasteiger partial charge in [-0.2, -0.15) is 4.98 Å². The highest BCUT2D eigenvalue weighted by Gasteiger charge is 2.24. The quantitative estimate of drug-likeness (QED) is 0.850. The summed E-state index contributed by atoms with van der Waals surface area (Å²) in [5, 5.41) is 3.94. The van der Waals surface area contributed by atoms with Crippen LogP contribution in [-0.4, -0.2) is 53.2 Å². The van der Waals surface area contributed by atoms with E-state index in [-0.39, 0.29) is 0 Å². The molecule has 1 atom stereocenters. The van der Waals surface area contributed by atoms with E-state index in [0.717, 1.165) is 6.54 Å². The normalized spacial score (nSPS) is 21.5. The predicted octanol–water partition coefficient (Wildman–Crippen LogP) is 0.789. The molecule has 1 aromatic heterocycles. The molecule has 1 aromatic rings. The Hall–Kier alpha value is -0.980. The van der Waals surface area contributed by atoms with Gasteiger partial charge in [0.05, 0.1) is 12.1 Å². The van der Waals surface area contributed by atoms with Gasteiger partial charge in [-0.3, -0.25) is 4.90 Å². The maximum atomic E-state index is 5.95. The first-order valence-corrected chi connectivity index (χ1v) is 6.87. The molecule has 0 radical (unpaired) electrons. The fourth-order valence-corrected chi connectivity index (χ4v) is 2.45. The number of likely N-dealkylation sites (N-methyl/N-ethyl adjacent to an activating group) is 2. The van der Waals surface area contributed by atoms with Crippen molar-refractivity contribution in [2.45, 2.75) is 44.8 Å². The lowest BCUT2D eigenvalue weighted by atomic mass is 10.1. The van der Waals surface area contributed by atoms with Crippen molar-refractivity contribution in [2.75, 3.05) is 27.2 Å². The zero-order valence-corrected chi connectivity index (χ0v) is 12.4. The first-order chi connectivity index (χ1) is 8.86. The summed E-state index contributed by atoms with van der Waals surface area (Å²) in [5.41, 5.74) is 5.40. The highest BCUT2D eigenvalue weighted by Crippen LogP contribution is 2.17. The standard InChI is InChI=1S/C13H25N5O/c1-13(2,14)12-15-11(19-16-12)9-17(3)8-10-6-5-7-18(10)4/h10H,5-9,14H2,1-4H3. The molecule has 0 bridgehead atoms. The van der Waals surface area contributed by atoms with Gasteiger partial charge in [0.15, 0.2) is 5.82 Å². The molecule has 0 saturated carbocycles. The SMILES string of the molecule is CN(Cc1nc(C(C)(C)N)no1)CC1CCCN1C. The molecule has 1 unspecified atom stereocenters. The Morgan fingerprint density at radius 2 is 2.26 bits per heavy atom. The van der Waals surface area contributed by atoms with Gasteiger partial charge in [-0.05, 0) is 47.3 Å². The first-order valence-electron chi connectivity index (χ1n) is 6.87. The number of hydrogen-bond acceptors (Lipinski definition) is 6. The van der Waals surface area contributed by atoms with E-state index in [1.165, 1.54) is 19.4 Å². The van der Waals surface area contributed by atoms with Gasteiger partial charge in [-0.15, -0.1) is 0 Å². The molecule has 0 spiro atoms. The minimum atomic E-state index is -0.550. The molecule has 2 rings (SSSR count). The van der Waals surface area contributed by atoms with E-state index < -0.39 is 5.54 Å². The second-order valence-electron chi connectivity index (χ2n) is 6.21. The monoisotopic (exact) mass is 267 g/mol. The van der Waals surface area contributed by atoms with Crippen molar-refractivity contribution in [3.8, 4) is 0 Å². The average Bonchev–Trinajstić information content (AvgIpc) is 2.88. The van der Waals surface area contributed by atoms with Gasteiger partial charge in [0.25, 0.3) is 0 Å². The minimum Gasteiger partial charge on any atom is -0.338 e. The Balaban J connectivity index is 1.88. The molecule has 2 N–H and O–H groups in total. The van der Waals surface area contributed by atoms with Crippen molar-refractivity contribution >= 4 is 0 Å². The predicted molar refractivity (Wildman–Crippen MR) is 73.5 cm³/mol. The first kappa shape index (κ1) is 14.4. The third-order valence-corrected chi connectivity index (χ3v) is 3.64. The van der Waals surface area contributed by atoms with Gasteiger partial charge in [0.2, 0.25) is 5.89 Å². The van der Waals surface area contributed by atoms with Crippen LogP contribution in [0.1, 0.15) is 38.4 Å². The van der Waals surface area contributed by atoms with Crippen LogP contribution in [0.15, 0.2) is 4.52 Å². The van der Waals surface area contributed by atoms with Crippen LogP contribution in [0.2, 0.25) is 0 Å². The van der Waals surface area contributed by atoms with Crippen molar-refractivity contribution in [1.29, 1.82) is 0 Å². The number of rotatable bonds is 5. The van der Waals surface area contributed by atoms with Gasteiger partial charge in [-0.25, -0.2) is 0 Å². The van der Waals surface area contributed by atoms with Crippen LogP contribution in [0.25, 0.3) is 0 Å². The van der Waals surface area contributed by atoms with Crippen molar-refractivity contribution in [3.05, 3.63) is 11.7 Å². The summed E-state index contributed by atoms with van der Waals surface area (Å²) in [5.74, 6) is 1.20. The molecule has 19 heavy (non-hydrogen) atoms. The van der Waals surface area contributed by atoms with E-state index in [1.54, 1.807) is 0 Å². The highest BCUT2D eigenvalue weighted by molar-refractivity contribution is 4.99. The number of likely N-dealkylation sites (tertiary alicyclic amines) is 1. The third-order valence-electron chi connectivity index (χ3n) is 3.64. The second-order valence-corrected chi connectivity index (χ2v) is 6.21. The van der Waals surface area contributed by atoms with Crippen molar-refractivity contribution < 1.29 is 4.52 Å². The Bertz CT molecular complexity index is 411. The second kappa shape index (κ2) is 5.56. The molecule has 0 aromatic carbocycles. The van der Waals surface area contributed by atoms with Crippen LogP contribution in [0.3, 0.4) is 0 Å². The Morgan fingerprint density at radius 3 is 2.79 bits per heavy atom. The smallest absolute Gasteiger partial charge is 0.240 e. The molecule has 0 amide bonds. The summed E-state index contributed by atoms with van der Waals surface area (Å²) in [6.07, 6.45) is 2.56. The largest absolute Gasteiger partial charge is 0.338 e. The van der Waals surface area contributed by atoms with Gasteiger partial charge in [0, 0.05) is 12.6 Å². The van der Waals surface area contributed by atoms with E-state index in [1.807, 2.05) is 13.8 Å². The molecule has 6 heteroatoms. The zero-order valence-electron chi connectivity index (χ0n) is 12.4. The Morgan fingerprint density at radius 1 is 1.53 bits per heavy atom. The molecule has 6 nitrogen and oxygen atoms in total. The van der Waals surface area contributed by atoms with E-state index in [4.69, 9.17) is 10.3 Å². The fraction of sp³-hybridized carbons (Fsp3) is 0.846. The van der Waals surface area contributed by atoms with E-state index in [9.17, 15) is 0 Å². The van der Waals surface area contributed by atoms with Gasteiger partial charge < -0.3 is 15.2 Å². The number of nitrogens with zero attached hydrogens (tertiary/aromatic N) is 4. The molecule has 0 aliphatic carbocycles. The van der Waals surface area contributed by atoms with Gasteiger partial charge >= 0.3 is 0 Å². The summed E-state index contributed by atoms with van der Waals surface area (Å²) in [7, 11) is 4.27. The zero-order chi connectivity index (χ0) is 14.0. The Labute approximate surface area is 114 Å². The number of hydrogen-bond donors (Lipinski definition) is 1. The van der Waals surface area contributed by atoms with Crippen molar-refractivity contribution in [2.24, 2.45) is 5.73 Å². The molecule has 1 saturated heterocycles. The lowest BCUT2D eigenvalue weighted by Gasteiger charge is -2.24. The van der Waals surface area contributed by atoms with Gasteiger partial charge in [0.1, 0.15) is 0 Å². The summed E-state index contributed by atoms with van der Waals surface area (Å²) in [6, 6.07) is 0.637. The average molecular weight is 267 g/mol. The fourth-order valence-electron chi connectivity index (χ4n) is 2.45. The van der Waals surface area contributed by atoms with Crippen LogP contribution in [0, 0.1) is 0 Å². The minimum absolute atomic E-state index is 0.550. The van der Waals surface area contributed by atoms with Crippen molar-refractivity contribution in [1.82, 2.24) is 19.9 Å². The van der Waals surface area contributed by atoms with Crippen LogP contribution >= 0.6 is 0 Å². The molecule has 108 valence electrons. The van der Waals surface area contributed by atoms with Crippen LogP contribution in [-0.2, 0) is 12.1 Å². The highest BCUT2D eigenvalue weighted by atomic mass is 16.5. The number of aromatic nitrogens is 2. The topological polar surface area (TPSA) is 71.4 Å². The lowest BCUT2D eigenvalue weighted by Crippen LogP contribution is -2.36. The van der Waals surface area contributed by atoms with E-state index >= 15 is 0 Å². The molecule has 1 aliphatic heterocycles. The van der Waals surface area contributed by atoms with E-state index in [2.05, 4.69) is 34.0 Å². The maximum Gasteiger partial charge on any atom is 0.240 e. The van der Waals surface area contributed by atoms with Crippen LogP contribution in [0.4, 0.5) is 0 Å². The number of nitrogens with two attached hydrogens (primary N) is 1. The summed E-state index contributed by atoms with van der Waals surface area (Å²) in [4.78, 5) is 9.00.